The van der Waals surface area contributed by atoms with Crippen LogP contribution < -0.4 is 0 Å². The van der Waals surface area contributed by atoms with Crippen molar-refractivity contribution in [3.63, 3.8) is 0 Å². The van der Waals surface area contributed by atoms with Crippen LogP contribution in [-0.2, 0) is 33.3 Å². The molecule has 0 radical (unpaired) electrons. The second kappa shape index (κ2) is 52.5. The molecule has 0 heterocycles. The van der Waals surface area contributed by atoms with Crippen LogP contribution in [0.25, 0.3) is 0 Å². The fraction of sp³-hybridized carbons (Fsp3) is 0.694. The Balaban J connectivity index is 4.39. The first-order valence-electron chi connectivity index (χ1n) is 28.4. The highest BCUT2D eigenvalue weighted by atomic mass is 16.7. The summed E-state index contributed by atoms with van der Waals surface area (Å²) in [6.45, 7) is 4.72. The highest BCUT2D eigenvalue weighted by Crippen LogP contribution is 2.16. The topological polar surface area (TPSA) is 108 Å². The molecule has 0 aromatic carbocycles. The van der Waals surface area contributed by atoms with Crippen LogP contribution in [0.3, 0.4) is 0 Å². The van der Waals surface area contributed by atoms with Gasteiger partial charge in [-0.05, 0) is 77.0 Å². The summed E-state index contributed by atoms with van der Waals surface area (Å²) in [7, 11) is 5.95. The standard InChI is InChI=1S/C62H105NO8/c1-6-8-10-12-14-16-18-20-22-24-26-27-28-29-30-31-32-33-35-37-39-41-43-45-47-49-51-53-60(65)71-58(57-70-62(61(66)67)68-55-54-63(3,4)5)56-69-59(64)52-50-48-46-44-42-40-38-36-34-25-23-21-19-17-15-13-11-9-7-2/h8,10,14,16,20,22,26-27,29-30,32-33,37,39,43,45,58,62H,6-7,9,11-13,15,17-19,21,23-25,28,31,34-36,38,40-42,44,46-57H2,1-5H3/p+1/b10-8-,16-14-,22-20-,27-26-,30-29-,33-32-,39-37-,45-43-. The normalized spacial score (nSPS) is 13.5. The van der Waals surface area contributed by atoms with E-state index in [4.69, 9.17) is 18.9 Å². The largest absolute Gasteiger partial charge is 0.477 e. The van der Waals surface area contributed by atoms with Crippen molar-refractivity contribution in [2.75, 3.05) is 47.5 Å². The number of hydrogen-bond acceptors (Lipinski definition) is 7. The number of aliphatic carboxylic acids is 1. The van der Waals surface area contributed by atoms with E-state index < -0.39 is 24.3 Å². The molecule has 2 atom stereocenters. The van der Waals surface area contributed by atoms with E-state index in [1.165, 1.54) is 103 Å². The second-order valence-electron chi connectivity index (χ2n) is 19.9. The maximum absolute atomic E-state index is 12.9. The number of hydrogen-bond donors (Lipinski definition) is 1. The molecule has 71 heavy (non-hydrogen) atoms. The molecule has 0 saturated heterocycles. The summed E-state index contributed by atoms with van der Waals surface area (Å²) in [5, 5.41) is 9.69. The monoisotopic (exact) mass is 993 g/mol. The zero-order chi connectivity index (χ0) is 52.0. The number of rotatable bonds is 51. The minimum Gasteiger partial charge on any atom is -0.477 e. The maximum atomic E-state index is 12.9. The van der Waals surface area contributed by atoms with Gasteiger partial charge in [-0.3, -0.25) is 9.59 Å². The Morgan fingerprint density at radius 2 is 0.803 bits per heavy atom. The van der Waals surface area contributed by atoms with Gasteiger partial charge in [0.05, 0.1) is 34.4 Å². The summed E-state index contributed by atoms with van der Waals surface area (Å²) >= 11 is 0. The molecule has 0 aliphatic rings. The van der Waals surface area contributed by atoms with E-state index in [2.05, 4.69) is 111 Å². The van der Waals surface area contributed by atoms with Crippen molar-refractivity contribution >= 4 is 17.9 Å². The van der Waals surface area contributed by atoms with Gasteiger partial charge in [0.1, 0.15) is 13.2 Å². The fourth-order valence-electron chi connectivity index (χ4n) is 7.50. The number of ether oxygens (including phenoxy) is 4. The minimum absolute atomic E-state index is 0.175. The lowest BCUT2D eigenvalue weighted by molar-refractivity contribution is -0.870. The first kappa shape index (κ1) is 67.2. The van der Waals surface area contributed by atoms with E-state index >= 15 is 0 Å². The highest BCUT2D eigenvalue weighted by molar-refractivity contribution is 5.71. The lowest BCUT2D eigenvalue weighted by Crippen LogP contribution is -2.40. The minimum atomic E-state index is -1.53. The molecule has 0 aromatic rings. The molecule has 1 N–H and O–H groups in total. The van der Waals surface area contributed by atoms with Crippen LogP contribution in [-0.4, -0.2) is 87.4 Å². The predicted molar refractivity (Wildman–Crippen MR) is 299 cm³/mol. The van der Waals surface area contributed by atoms with Gasteiger partial charge < -0.3 is 28.5 Å². The van der Waals surface area contributed by atoms with Gasteiger partial charge in [-0.1, -0.05) is 227 Å². The Bertz CT molecular complexity index is 1480. The molecule has 0 aliphatic heterocycles. The number of carbonyl (C=O) groups excluding carboxylic acids is 2. The third-order valence-corrected chi connectivity index (χ3v) is 11.9. The Morgan fingerprint density at radius 1 is 0.437 bits per heavy atom. The number of nitrogens with zero attached hydrogens (tertiary/aromatic N) is 1. The van der Waals surface area contributed by atoms with E-state index in [1.54, 1.807) is 0 Å². The van der Waals surface area contributed by atoms with Crippen molar-refractivity contribution in [2.24, 2.45) is 0 Å². The van der Waals surface area contributed by atoms with Crippen molar-refractivity contribution < 1.29 is 42.9 Å². The Hall–Kier alpha value is -3.79. The van der Waals surface area contributed by atoms with Gasteiger partial charge in [-0.2, -0.15) is 0 Å². The number of carboxylic acid groups (broad SMARTS) is 1. The zero-order valence-electron chi connectivity index (χ0n) is 46.1. The van der Waals surface area contributed by atoms with Crippen molar-refractivity contribution in [3.8, 4) is 0 Å². The van der Waals surface area contributed by atoms with Crippen LogP contribution in [0.1, 0.15) is 219 Å². The van der Waals surface area contributed by atoms with E-state index in [-0.39, 0.29) is 32.2 Å². The first-order valence-corrected chi connectivity index (χ1v) is 28.4. The number of unbranched alkanes of at least 4 members (excludes halogenated alkanes) is 20. The average molecular weight is 994 g/mol. The lowest BCUT2D eigenvalue weighted by atomic mass is 10.0. The summed E-state index contributed by atoms with van der Waals surface area (Å²) in [5.74, 6) is -2.07. The average Bonchev–Trinajstić information content (AvgIpc) is 3.34. The Labute approximate surface area is 435 Å². The van der Waals surface area contributed by atoms with Crippen LogP contribution in [0, 0.1) is 0 Å². The van der Waals surface area contributed by atoms with Gasteiger partial charge in [-0.15, -0.1) is 0 Å². The predicted octanol–water partition coefficient (Wildman–Crippen LogP) is 16.6. The van der Waals surface area contributed by atoms with Crippen LogP contribution >= 0.6 is 0 Å². The Morgan fingerprint density at radius 3 is 1.20 bits per heavy atom. The highest BCUT2D eigenvalue weighted by Gasteiger charge is 2.25. The van der Waals surface area contributed by atoms with E-state index in [0.29, 0.717) is 23.9 Å². The molecule has 0 fully saturated rings. The second-order valence-corrected chi connectivity index (χ2v) is 19.9. The van der Waals surface area contributed by atoms with E-state index in [0.717, 1.165) is 83.5 Å². The van der Waals surface area contributed by atoms with Gasteiger partial charge in [-0.25, -0.2) is 4.79 Å². The van der Waals surface area contributed by atoms with Crippen LogP contribution in [0.15, 0.2) is 97.2 Å². The summed E-state index contributed by atoms with van der Waals surface area (Å²) < 4.78 is 22.8. The number of allylic oxidation sites excluding steroid dienone is 16. The molecular weight excluding hydrogens is 887 g/mol. The van der Waals surface area contributed by atoms with Crippen molar-refractivity contribution in [1.29, 1.82) is 0 Å². The molecule has 9 heteroatoms. The zero-order valence-corrected chi connectivity index (χ0v) is 46.1. The summed E-state index contributed by atoms with van der Waals surface area (Å²) in [6, 6.07) is 0. The van der Waals surface area contributed by atoms with Gasteiger partial charge in [0.25, 0.3) is 6.29 Å². The number of carboxylic acids is 1. The molecule has 2 unspecified atom stereocenters. The van der Waals surface area contributed by atoms with Crippen LogP contribution in [0.2, 0.25) is 0 Å². The maximum Gasteiger partial charge on any atom is 0.361 e. The smallest absolute Gasteiger partial charge is 0.361 e. The van der Waals surface area contributed by atoms with Gasteiger partial charge in [0, 0.05) is 12.8 Å². The van der Waals surface area contributed by atoms with Crippen LogP contribution in [0.5, 0.6) is 0 Å². The summed E-state index contributed by atoms with van der Waals surface area (Å²) in [6.07, 6.45) is 67.7. The molecule has 0 rings (SSSR count). The first-order chi connectivity index (χ1) is 34.6. The van der Waals surface area contributed by atoms with E-state index in [9.17, 15) is 19.5 Å². The number of likely N-dealkylation sites (N-methyl/N-ethyl adjacent to an activating group) is 1. The number of carbonyl (C=O) groups is 3. The van der Waals surface area contributed by atoms with Crippen molar-refractivity contribution in [1.82, 2.24) is 0 Å². The van der Waals surface area contributed by atoms with Gasteiger partial charge in [0.15, 0.2) is 6.10 Å². The lowest BCUT2D eigenvalue weighted by Gasteiger charge is -2.25. The molecule has 0 bridgehead atoms. The molecule has 406 valence electrons. The molecular formula is C62H106NO8+. The van der Waals surface area contributed by atoms with Crippen molar-refractivity contribution in [2.45, 2.75) is 232 Å². The Kier molecular flexibility index (Phi) is 49.7. The third-order valence-electron chi connectivity index (χ3n) is 11.9. The number of quaternary nitrogens is 1. The fourth-order valence-corrected chi connectivity index (χ4v) is 7.50. The molecule has 0 aliphatic carbocycles. The summed E-state index contributed by atoms with van der Waals surface area (Å²) in [4.78, 5) is 37.4. The molecule has 0 aromatic heterocycles. The quantitative estimate of drug-likeness (QED) is 0.0211. The number of esters is 2. The SMILES string of the molecule is CC/C=C\C/C=C\C/C=C\C/C=C\C/C=C\C/C=C\C/C=C\C/C=C\CCCCC(=O)OC(COC(=O)CCCCCCCCCCCCCCCCCCCCC)COC(OCC[N+](C)(C)C)C(=O)O. The molecule has 0 spiro atoms. The molecule has 0 amide bonds. The van der Waals surface area contributed by atoms with Crippen LogP contribution in [0.4, 0.5) is 0 Å². The van der Waals surface area contributed by atoms with E-state index in [1.807, 2.05) is 21.1 Å². The van der Waals surface area contributed by atoms with Gasteiger partial charge in [0.2, 0.25) is 0 Å². The molecule has 9 nitrogen and oxygen atoms in total. The van der Waals surface area contributed by atoms with Crippen molar-refractivity contribution in [3.05, 3.63) is 97.2 Å². The molecule has 0 saturated carbocycles. The van der Waals surface area contributed by atoms with Gasteiger partial charge >= 0.3 is 17.9 Å². The summed E-state index contributed by atoms with van der Waals surface area (Å²) in [5.41, 5.74) is 0. The third kappa shape index (κ3) is 53.8.